The molecule has 5 nitrogen and oxygen atoms in total. The Morgan fingerprint density at radius 1 is 0.952 bits per heavy atom. The monoisotopic (exact) mass is 311 g/mol. The highest BCUT2D eigenvalue weighted by molar-refractivity contribution is 7.89. The van der Waals surface area contributed by atoms with Crippen LogP contribution in [0.15, 0.2) is 17.3 Å². The van der Waals surface area contributed by atoms with Gasteiger partial charge in [-0.25, -0.2) is 8.42 Å². The Morgan fingerprint density at radius 3 is 1.90 bits per heavy atom. The molecule has 0 aliphatic heterocycles. The predicted molar refractivity (Wildman–Crippen MR) is 81.4 cm³/mol. The van der Waals surface area contributed by atoms with Crippen molar-refractivity contribution < 1.29 is 8.42 Å². The molecular formula is C15H25N3O2S. The van der Waals surface area contributed by atoms with Crippen LogP contribution in [0.1, 0.15) is 64.2 Å². The molecule has 2 aliphatic carbocycles. The van der Waals surface area contributed by atoms with E-state index in [-0.39, 0.29) is 12.1 Å². The first-order valence-corrected chi connectivity index (χ1v) is 9.66. The minimum Gasteiger partial charge on any atom is -0.284 e. The average molecular weight is 311 g/mol. The topological polar surface area (TPSA) is 66.1 Å². The zero-order valence-electron chi connectivity index (χ0n) is 12.5. The van der Waals surface area contributed by atoms with Gasteiger partial charge in [-0.05, 0) is 25.7 Å². The Bertz CT molecular complexity index is 511. The van der Waals surface area contributed by atoms with Gasteiger partial charge in [-0.1, -0.05) is 38.5 Å². The molecule has 2 saturated carbocycles. The highest BCUT2D eigenvalue weighted by Gasteiger charge is 2.38. The van der Waals surface area contributed by atoms with Crippen LogP contribution in [0.5, 0.6) is 0 Å². The summed E-state index contributed by atoms with van der Waals surface area (Å²) in [6.45, 7) is 0. The molecule has 1 aromatic rings. The van der Waals surface area contributed by atoms with Gasteiger partial charge in [0.05, 0.1) is 6.20 Å². The lowest BCUT2D eigenvalue weighted by Gasteiger charge is -2.40. The summed E-state index contributed by atoms with van der Waals surface area (Å²) in [6, 6.07) is 0.364. The van der Waals surface area contributed by atoms with Gasteiger partial charge in [-0.15, -0.1) is 0 Å². The van der Waals surface area contributed by atoms with Crippen LogP contribution in [0.4, 0.5) is 0 Å². The lowest BCUT2D eigenvalue weighted by molar-refractivity contribution is 0.170. The molecule has 0 spiro atoms. The highest BCUT2D eigenvalue weighted by Crippen LogP contribution is 2.34. The zero-order chi connectivity index (χ0) is 14.7. The molecule has 21 heavy (non-hydrogen) atoms. The Kier molecular flexibility index (Phi) is 4.64. The Morgan fingerprint density at radius 2 is 1.48 bits per heavy atom. The normalized spacial score (nSPS) is 22.7. The molecule has 0 saturated heterocycles. The number of hydrogen-bond acceptors (Lipinski definition) is 3. The van der Waals surface area contributed by atoms with Crippen molar-refractivity contribution in [3.63, 3.8) is 0 Å². The van der Waals surface area contributed by atoms with Crippen LogP contribution < -0.4 is 0 Å². The van der Waals surface area contributed by atoms with Crippen LogP contribution in [0.3, 0.4) is 0 Å². The Hall–Kier alpha value is -0.880. The Balaban J connectivity index is 1.90. The maximum Gasteiger partial charge on any atom is 0.246 e. The smallest absolute Gasteiger partial charge is 0.246 e. The van der Waals surface area contributed by atoms with Crippen molar-refractivity contribution in [3.05, 3.63) is 12.4 Å². The van der Waals surface area contributed by atoms with Gasteiger partial charge >= 0.3 is 0 Å². The number of rotatable bonds is 4. The summed E-state index contributed by atoms with van der Waals surface area (Å²) in [4.78, 5) is 0.318. The molecule has 2 fully saturated rings. The largest absolute Gasteiger partial charge is 0.284 e. The molecule has 118 valence electrons. The molecule has 0 unspecified atom stereocenters. The molecule has 0 bridgehead atoms. The SMILES string of the molecule is O=S(=O)(c1cn[nH]c1)N(C1CCCCC1)C1CCCCC1. The summed E-state index contributed by atoms with van der Waals surface area (Å²) in [5.41, 5.74) is 0. The minimum atomic E-state index is -3.42. The molecular weight excluding hydrogens is 286 g/mol. The number of aromatic amines is 1. The third-order valence-corrected chi connectivity index (χ3v) is 6.89. The van der Waals surface area contributed by atoms with E-state index >= 15 is 0 Å². The molecule has 3 rings (SSSR count). The summed E-state index contributed by atoms with van der Waals surface area (Å²) >= 11 is 0. The first-order valence-electron chi connectivity index (χ1n) is 8.22. The average Bonchev–Trinajstić information content (AvgIpc) is 3.04. The van der Waals surface area contributed by atoms with Crippen molar-refractivity contribution in [3.8, 4) is 0 Å². The quantitative estimate of drug-likeness (QED) is 0.929. The van der Waals surface area contributed by atoms with Crippen LogP contribution in [0, 0.1) is 0 Å². The standard InChI is InChI=1S/C15H25N3O2S/c19-21(20,15-11-16-17-12-15)18(13-7-3-1-4-8-13)14-9-5-2-6-10-14/h11-14H,1-10H2,(H,16,17). The maximum absolute atomic E-state index is 13.1. The number of hydrogen-bond donors (Lipinski definition) is 1. The second-order valence-electron chi connectivity index (χ2n) is 6.35. The molecule has 0 radical (unpaired) electrons. The summed E-state index contributed by atoms with van der Waals surface area (Å²) in [5.74, 6) is 0. The van der Waals surface area contributed by atoms with E-state index in [1.807, 2.05) is 4.31 Å². The van der Waals surface area contributed by atoms with Gasteiger partial charge in [0, 0.05) is 18.3 Å². The van der Waals surface area contributed by atoms with Crippen molar-refractivity contribution in [2.45, 2.75) is 81.2 Å². The number of sulfonamides is 1. The second kappa shape index (κ2) is 6.48. The van der Waals surface area contributed by atoms with E-state index < -0.39 is 10.0 Å². The fourth-order valence-corrected chi connectivity index (χ4v) is 5.70. The molecule has 1 heterocycles. The van der Waals surface area contributed by atoms with Crippen LogP contribution in [-0.2, 0) is 10.0 Å². The van der Waals surface area contributed by atoms with Crippen molar-refractivity contribution in [2.24, 2.45) is 0 Å². The van der Waals surface area contributed by atoms with Crippen molar-refractivity contribution in [1.29, 1.82) is 0 Å². The first kappa shape index (κ1) is 15.0. The molecule has 0 amide bonds. The third kappa shape index (κ3) is 3.16. The van der Waals surface area contributed by atoms with E-state index in [0.717, 1.165) is 51.4 Å². The first-order chi connectivity index (χ1) is 10.2. The van der Waals surface area contributed by atoms with Gasteiger partial charge in [-0.3, -0.25) is 5.10 Å². The van der Waals surface area contributed by atoms with E-state index in [9.17, 15) is 8.42 Å². The van der Waals surface area contributed by atoms with E-state index in [2.05, 4.69) is 10.2 Å². The van der Waals surface area contributed by atoms with Crippen LogP contribution in [0.25, 0.3) is 0 Å². The van der Waals surface area contributed by atoms with Gasteiger partial charge in [0.15, 0.2) is 0 Å². The molecule has 1 N–H and O–H groups in total. The zero-order valence-corrected chi connectivity index (χ0v) is 13.3. The summed E-state index contributed by atoms with van der Waals surface area (Å²) in [5, 5.41) is 6.47. The van der Waals surface area contributed by atoms with Crippen molar-refractivity contribution in [2.75, 3.05) is 0 Å². The maximum atomic E-state index is 13.1. The summed E-state index contributed by atoms with van der Waals surface area (Å²) in [6.07, 6.45) is 14.0. The number of H-pyrrole nitrogens is 1. The number of aromatic nitrogens is 2. The van der Waals surface area contributed by atoms with Gasteiger partial charge in [0.25, 0.3) is 0 Å². The lowest BCUT2D eigenvalue weighted by Crippen LogP contribution is -2.48. The summed E-state index contributed by atoms with van der Waals surface area (Å²) < 4.78 is 28.0. The van der Waals surface area contributed by atoms with E-state index in [0.29, 0.717) is 4.90 Å². The fraction of sp³-hybridized carbons (Fsp3) is 0.800. The van der Waals surface area contributed by atoms with E-state index in [4.69, 9.17) is 0 Å². The predicted octanol–water partition coefficient (Wildman–Crippen LogP) is 3.07. The molecule has 2 aliphatic rings. The fourth-order valence-electron chi connectivity index (χ4n) is 3.86. The van der Waals surface area contributed by atoms with Gasteiger partial charge < -0.3 is 0 Å². The van der Waals surface area contributed by atoms with Crippen LogP contribution in [-0.4, -0.2) is 35.0 Å². The van der Waals surface area contributed by atoms with Crippen LogP contribution in [0.2, 0.25) is 0 Å². The van der Waals surface area contributed by atoms with Gasteiger partial charge in [-0.2, -0.15) is 9.40 Å². The lowest BCUT2D eigenvalue weighted by atomic mass is 9.91. The summed E-state index contributed by atoms with van der Waals surface area (Å²) in [7, 11) is -3.42. The molecule has 6 heteroatoms. The molecule has 0 atom stereocenters. The Labute approximate surface area is 127 Å². The van der Waals surface area contributed by atoms with E-state index in [1.54, 1.807) is 0 Å². The number of nitrogens with zero attached hydrogens (tertiary/aromatic N) is 2. The third-order valence-electron chi connectivity index (χ3n) is 4.92. The number of nitrogens with one attached hydrogen (secondary N) is 1. The molecule has 1 aromatic heterocycles. The van der Waals surface area contributed by atoms with Crippen molar-refractivity contribution >= 4 is 10.0 Å². The van der Waals surface area contributed by atoms with Crippen LogP contribution >= 0.6 is 0 Å². The van der Waals surface area contributed by atoms with E-state index in [1.165, 1.54) is 25.2 Å². The minimum absolute atomic E-state index is 0.182. The highest BCUT2D eigenvalue weighted by atomic mass is 32.2. The van der Waals surface area contributed by atoms with Crippen molar-refractivity contribution in [1.82, 2.24) is 14.5 Å². The second-order valence-corrected chi connectivity index (χ2v) is 8.20. The van der Waals surface area contributed by atoms with Gasteiger partial charge in [0.2, 0.25) is 10.0 Å². The molecule has 0 aromatic carbocycles. The van der Waals surface area contributed by atoms with Gasteiger partial charge in [0.1, 0.15) is 4.90 Å².